The molecule has 2 N–H and O–H groups in total. The Kier molecular flexibility index (Phi) is 6.03. The summed E-state index contributed by atoms with van der Waals surface area (Å²) >= 11 is 0. The van der Waals surface area contributed by atoms with Gasteiger partial charge in [-0.3, -0.25) is 9.67 Å². The summed E-state index contributed by atoms with van der Waals surface area (Å²) in [6, 6.07) is 11.8. The lowest BCUT2D eigenvalue weighted by molar-refractivity contribution is 0.443. The number of guanidine groups is 1. The van der Waals surface area contributed by atoms with Gasteiger partial charge in [-0.2, -0.15) is 5.10 Å². The summed E-state index contributed by atoms with van der Waals surface area (Å²) in [5, 5.41) is 10.8. The van der Waals surface area contributed by atoms with Crippen LogP contribution in [-0.4, -0.2) is 34.3 Å². The minimum atomic E-state index is 0.421. The van der Waals surface area contributed by atoms with Crippen LogP contribution in [0.4, 0.5) is 0 Å². The van der Waals surface area contributed by atoms with E-state index in [0.717, 1.165) is 30.3 Å². The van der Waals surface area contributed by atoms with E-state index in [2.05, 4.69) is 32.6 Å². The molecule has 7 heteroatoms. The van der Waals surface area contributed by atoms with Crippen molar-refractivity contribution in [1.82, 2.24) is 25.4 Å². The number of hydrogen-bond donors (Lipinski definition) is 2. The molecule has 3 aromatic rings. The van der Waals surface area contributed by atoms with E-state index in [1.165, 1.54) is 0 Å². The highest BCUT2D eigenvalue weighted by molar-refractivity contribution is 5.79. The lowest BCUT2D eigenvalue weighted by Gasteiger charge is -2.15. The molecule has 0 bridgehead atoms. The molecule has 2 aromatic heterocycles. The second kappa shape index (κ2) is 8.84. The molecular formula is C19H24N6O. The first-order valence-corrected chi connectivity index (χ1v) is 8.66. The van der Waals surface area contributed by atoms with Gasteiger partial charge in [-0.1, -0.05) is 25.1 Å². The molecule has 0 aliphatic rings. The predicted octanol–water partition coefficient (Wildman–Crippen LogP) is 2.54. The van der Waals surface area contributed by atoms with Crippen LogP contribution in [-0.2, 0) is 13.1 Å². The molecule has 0 saturated heterocycles. The fourth-order valence-corrected chi connectivity index (χ4v) is 2.56. The minimum Gasteiger partial charge on any atom is -0.444 e. The number of benzene rings is 1. The Bertz CT molecular complexity index is 810. The fraction of sp³-hybridized carbons (Fsp3) is 0.316. The zero-order chi connectivity index (χ0) is 18.2. The average molecular weight is 352 g/mol. The smallest absolute Gasteiger partial charge is 0.226 e. The number of nitrogens with one attached hydrogen (secondary N) is 2. The third-order valence-electron chi connectivity index (χ3n) is 3.91. The number of oxazole rings is 1. The van der Waals surface area contributed by atoms with Gasteiger partial charge in [0.05, 0.1) is 12.2 Å². The molecule has 0 spiro atoms. The van der Waals surface area contributed by atoms with Crippen molar-refractivity contribution in [3.05, 3.63) is 60.7 Å². The van der Waals surface area contributed by atoms with E-state index in [4.69, 9.17) is 4.42 Å². The van der Waals surface area contributed by atoms with Crippen LogP contribution in [0.5, 0.6) is 0 Å². The molecule has 0 aliphatic heterocycles. The third kappa shape index (κ3) is 4.95. The highest BCUT2D eigenvalue weighted by atomic mass is 16.3. The van der Waals surface area contributed by atoms with Gasteiger partial charge in [-0.25, -0.2) is 4.98 Å². The lowest BCUT2D eigenvalue weighted by Crippen LogP contribution is -2.39. The highest BCUT2D eigenvalue weighted by Gasteiger charge is 2.08. The SMILES string of the molecule is CN=C(NCc1coc(-c2ccccc2)n1)NCC(C)Cn1cccn1. The van der Waals surface area contributed by atoms with Crippen molar-refractivity contribution in [1.29, 1.82) is 0 Å². The first kappa shape index (κ1) is 17.7. The van der Waals surface area contributed by atoms with E-state index < -0.39 is 0 Å². The van der Waals surface area contributed by atoms with E-state index in [9.17, 15) is 0 Å². The third-order valence-corrected chi connectivity index (χ3v) is 3.91. The van der Waals surface area contributed by atoms with Crippen molar-refractivity contribution in [2.24, 2.45) is 10.9 Å². The Labute approximate surface area is 153 Å². The molecule has 1 unspecified atom stereocenters. The summed E-state index contributed by atoms with van der Waals surface area (Å²) < 4.78 is 7.49. The fourth-order valence-electron chi connectivity index (χ4n) is 2.56. The molecule has 3 rings (SSSR count). The molecule has 0 aliphatic carbocycles. The van der Waals surface area contributed by atoms with Crippen molar-refractivity contribution in [2.45, 2.75) is 20.0 Å². The van der Waals surface area contributed by atoms with Gasteiger partial charge in [0.2, 0.25) is 5.89 Å². The lowest BCUT2D eigenvalue weighted by atomic mass is 10.2. The Hall–Kier alpha value is -3.09. The molecule has 0 saturated carbocycles. The second-order valence-electron chi connectivity index (χ2n) is 6.15. The maximum absolute atomic E-state index is 5.55. The Balaban J connectivity index is 1.46. The number of rotatable bonds is 7. The predicted molar refractivity (Wildman–Crippen MR) is 102 cm³/mol. The van der Waals surface area contributed by atoms with Crippen LogP contribution < -0.4 is 10.6 Å². The van der Waals surface area contributed by atoms with E-state index in [-0.39, 0.29) is 0 Å². The van der Waals surface area contributed by atoms with Gasteiger partial charge in [0.1, 0.15) is 6.26 Å². The molecule has 0 amide bonds. The maximum atomic E-state index is 5.55. The molecule has 1 aromatic carbocycles. The van der Waals surface area contributed by atoms with Gasteiger partial charge in [0, 0.05) is 38.1 Å². The van der Waals surface area contributed by atoms with Crippen LogP contribution in [0.2, 0.25) is 0 Å². The molecule has 26 heavy (non-hydrogen) atoms. The second-order valence-corrected chi connectivity index (χ2v) is 6.15. The molecule has 2 heterocycles. The Morgan fingerprint density at radius 3 is 2.81 bits per heavy atom. The van der Waals surface area contributed by atoms with Crippen molar-refractivity contribution in [3.63, 3.8) is 0 Å². The molecule has 136 valence electrons. The standard InChI is InChI=1S/C19H24N6O/c1-15(13-25-10-6-9-23-25)11-21-19(20-2)22-12-17-14-26-18(24-17)16-7-4-3-5-8-16/h3-10,14-15H,11-13H2,1-2H3,(H2,20,21,22). The number of nitrogens with zero attached hydrogens (tertiary/aromatic N) is 4. The number of hydrogen-bond acceptors (Lipinski definition) is 4. The molecule has 0 radical (unpaired) electrons. The van der Waals surface area contributed by atoms with E-state index in [0.29, 0.717) is 18.4 Å². The molecule has 7 nitrogen and oxygen atoms in total. The topological polar surface area (TPSA) is 80.3 Å². The highest BCUT2D eigenvalue weighted by Crippen LogP contribution is 2.17. The van der Waals surface area contributed by atoms with Crippen molar-refractivity contribution < 1.29 is 4.42 Å². The normalized spacial score (nSPS) is 12.8. The van der Waals surface area contributed by atoms with Gasteiger partial charge in [-0.05, 0) is 24.1 Å². The van der Waals surface area contributed by atoms with E-state index in [1.54, 1.807) is 19.5 Å². The molecule has 1 atom stereocenters. The summed E-state index contributed by atoms with van der Waals surface area (Å²) in [6.07, 6.45) is 5.43. The van der Waals surface area contributed by atoms with Crippen molar-refractivity contribution in [3.8, 4) is 11.5 Å². The summed E-state index contributed by atoms with van der Waals surface area (Å²) in [5.74, 6) is 1.78. The van der Waals surface area contributed by atoms with Crippen LogP contribution in [0.25, 0.3) is 11.5 Å². The summed E-state index contributed by atoms with van der Waals surface area (Å²) in [5.41, 5.74) is 1.80. The van der Waals surface area contributed by atoms with Crippen molar-refractivity contribution >= 4 is 5.96 Å². The van der Waals surface area contributed by atoms with Crippen LogP contribution in [0, 0.1) is 5.92 Å². The zero-order valence-electron chi connectivity index (χ0n) is 15.1. The molecular weight excluding hydrogens is 328 g/mol. The summed E-state index contributed by atoms with van der Waals surface area (Å²) in [6.45, 7) is 4.38. The van der Waals surface area contributed by atoms with Gasteiger partial charge in [-0.15, -0.1) is 0 Å². The number of aliphatic imine (C=N–C) groups is 1. The van der Waals surface area contributed by atoms with Crippen LogP contribution in [0.1, 0.15) is 12.6 Å². The Morgan fingerprint density at radius 2 is 2.08 bits per heavy atom. The van der Waals surface area contributed by atoms with Gasteiger partial charge >= 0.3 is 0 Å². The monoisotopic (exact) mass is 352 g/mol. The van der Waals surface area contributed by atoms with Crippen molar-refractivity contribution in [2.75, 3.05) is 13.6 Å². The first-order chi connectivity index (χ1) is 12.7. The van der Waals surface area contributed by atoms with Crippen LogP contribution >= 0.6 is 0 Å². The minimum absolute atomic E-state index is 0.421. The van der Waals surface area contributed by atoms with Gasteiger partial charge in [0.25, 0.3) is 0 Å². The Morgan fingerprint density at radius 1 is 1.23 bits per heavy atom. The summed E-state index contributed by atoms with van der Waals surface area (Å²) in [4.78, 5) is 8.76. The van der Waals surface area contributed by atoms with Gasteiger partial charge < -0.3 is 15.1 Å². The first-order valence-electron chi connectivity index (χ1n) is 8.66. The van der Waals surface area contributed by atoms with Crippen LogP contribution in [0.15, 0.2) is 64.5 Å². The summed E-state index contributed by atoms with van der Waals surface area (Å²) in [7, 11) is 1.76. The van der Waals surface area contributed by atoms with Crippen LogP contribution in [0.3, 0.4) is 0 Å². The number of aromatic nitrogens is 3. The van der Waals surface area contributed by atoms with E-state index >= 15 is 0 Å². The maximum Gasteiger partial charge on any atom is 0.226 e. The quantitative estimate of drug-likeness (QED) is 0.504. The molecule has 0 fully saturated rings. The average Bonchev–Trinajstić information content (AvgIpc) is 3.34. The van der Waals surface area contributed by atoms with Gasteiger partial charge in [0.15, 0.2) is 5.96 Å². The zero-order valence-corrected chi connectivity index (χ0v) is 15.1. The largest absolute Gasteiger partial charge is 0.444 e. The van der Waals surface area contributed by atoms with E-state index in [1.807, 2.05) is 47.3 Å².